The molecule has 1 fully saturated rings. The van der Waals surface area contributed by atoms with Gasteiger partial charge in [0.1, 0.15) is 5.82 Å². The number of sulfonamides is 1. The van der Waals surface area contributed by atoms with Crippen LogP contribution < -0.4 is 14.9 Å². The van der Waals surface area contributed by atoms with Gasteiger partial charge in [-0.15, -0.1) is 0 Å². The van der Waals surface area contributed by atoms with Crippen LogP contribution in [0.1, 0.15) is 12.6 Å². The number of rotatable bonds is 5. The Bertz CT molecular complexity index is 1010. The molecule has 2 aromatic rings. The van der Waals surface area contributed by atoms with Gasteiger partial charge in [0.05, 0.1) is 17.5 Å². The lowest BCUT2D eigenvalue weighted by atomic mass is 10.0. The van der Waals surface area contributed by atoms with Crippen LogP contribution in [0.25, 0.3) is 0 Å². The zero-order valence-corrected chi connectivity index (χ0v) is 15.9. The highest BCUT2D eigenvalue weighted by atomic mass is 32.2. The summed E-state index contributed by atoms with van der Waals surface area (Å²) in [7, 11) is -2.44. The molecule has 1 atom stereocenters. The van der Waals surface area contributed by atoms with E-state index in [4.69, 9.17) is 0 Å². The molecule has 0 unspecified atom stereocenters. The number of hydrogen-bond donors (Lipinski definition) is 2. The first-order valence-corrected chi connectivity index (χ1v) is 9.73. The topological polar surface area (TPSA) is 87.2 Å². The maximum atomic E-state index is 13.4. The summed E-state index contributed by atoms with van der Waals surface area (Å²) in [5.41, 5.74) is -1.04. The van der Waals surface area contributed by atoms with Crippen molar-refractivity contribution in [3.63, 3.8) is 0 Å². The fourth-order valence-electron chi connectivity index (χ4n) is 2.61. The average Bonchev–Trinajstić information content (AvgIpc) is 2.65. The van der Waals surface area contributed by atoms with Crippen LogP contribution in [-0.4, -0.2) is 43.9 Å². The third-order valence-electron chi connectivity index (χ3n) is 4.43. The summed E-state index contributed by atoms with van der Waals surface area (Å²) in [6, 6.07) is 4.46. The van der Waals surface area contributed by atoms with Gasteiger partial charge in [-0.2, -0.15) is 18.2 Å². The molecule has 1 aromatic carbocycles. The van der Waals surface area contributed by atoms with E-state index >= 15 is 0 Å². The molecule has 13 heteroatoms. The number of alkyl halides is 5. The van der Waals surface area contributed by atoms with E-state index < -0.39 is 46.4 Å². The van der Waals surface area contributed by atoms with Crippen molar-refractivity contribution in [3.8, 4) is 0 Å². The van der Waals surface area contributed by atoms with Crippen molar-refractivity contribution in [1.29, 1.82) is 0 Å². The molecule has 0 spiro atoms. The fourth-order valence-corrected chi connectivity index (χ4v) is 3.34. The van der Waals surface area contributed by atoms with Crippen molar-refractivity contribution in [3.05, 3.63) is 36.0 Å². The van der Waals surface area contributed by atoms with E-state index in [-0.39, 0.29) is 16.4 Å². The second kappa shape index (κ2) is 7.06. The summed E-state index contributed by atoms with van der Waals surface area (Å²) < 4.78 is 92.0. The maximum absolute atomic E-state index is 13.4. The van der Waals surface area contributed by atoms with E-state index in [0.29, 0.717) is 6.07 Å². The summed E-state index contributed by atoms with van der Waals surface area (Å²) in [5.74, 6) is -3.79. The highest BCUT2D eigenvalue weighted by Gasteiger charge is 2.53. The van der Waals surface area contributed by atoms with E-state index in [1.807, 2.05) is 0 Å². The lowest BCUT2D eigenvalue weighted by Crippen LogP contribution is -2.64. The molecule has 3 rings (SSSR count). The van der Waals surface area contributed by atoms with Gasteiger partial charge >= 0.3 is 6.18 Å². The summed E-state index contributed by atoms with van der Waals surface area (Å²) in [6.07, 6.45) is -4.81. The summed E-state index contributed by atoms with van der Waals surface area (Å²) in [4.78, 5) is 8.21. The first kappa shape index (κ1) is 21.2. The molecule has 0 amide bonds. The zero-order valence-electron chi connectivity index (χ0n) is 15.1. The first-order chi connectivity index (χ1) is 13.3. The van der Waals surface area contributed by atoms with Crippen molar-refractivity contribution >= 4 is 27.5 Å². The molecule has 158 valence electrons. The lowest BCUT2D eigenvalue weighted by Gasteiger charge is -2.45. The summed E-state index contributed by atoms with van der Waals surface area (Å²) in [5, 5.41) is 2.61. The molecule has 2 N–H and O–H groups in total. The molecule has 29 heavy (non-hydrogen) atoms. The molecule has 1 aromatic heterocycles. The second-order valence-electron chi connectivity index (χ2n) is 6.36. The minimum Gasteiger partial charge on any atom is -0.340 e. The van der Waals surface area contributed by atoms with Crippen LogP contribution in [-0.2, 0) is 16.2 Å². The molecular formula is C16H16F5N5O2S. The zero-order chi connectivity index (χ0) is 21.6. The number of hydrogen-bond acceptors (Lipinski definition) is 6. The molecule has 7 nitrogen and oxygen atoms in total. The van der Waals surface area contributed by atoms with Gasteiger partial charge in [0.15, 0.2) is 5.69 Å². The van der Waals surface area contributed by atoms with Crippen LogP contribution >= 0.6 is 0 Å². The number of anilines is 3. The van der Waals surface area contributed by atoms with Crippen molar-refractivity contribution in [2.75, 3.05) is 23.8 Å². The Morgan fingerprint density at radius 1 is 1.17 bits per heavy atom. The van der Waals surface area contributed by atoms with E-state index in [2.05, 4.69) is 20.0 Å². The standard InChI is InChI=1S/C16H16F5N5O2S/c1-9-15(17,18)8-26(9)14-24-12(16(19,20)21)7-13(25-14)23-10-3-5-11(6-4-10)29(27,28)22-2/h3-7,9,22H,8H2,1-2H3,(H,23,24,25)/t9-/m0/s1. The Labute approximate surface area is 163 Å². The highest BCUT2D eigenvalue weighted by Crippen LogP contribution is 2.38. The average molecular weight is 437 g/mol. The maximum Gasteiger partial charge on any atom is 0.433 e. The molecule has 1 aliphatic heterocycles. The van der Waals surface area contributed by atoms with Gasteiger partial charge in [-0.05, 0) is 38.2 Å². The van der Waals surface area contributed by atoms with Crippen molar-refractivity contribution in [1.82, 2.24) is 14.7 Å². The second-order valence-corrected chi connectivity index (χ2v) is 8.24. The molecule has 1 saturated heterocycles. The van der Waals surface area contributed by atoms with Gasteiger partial charge in [-0.25, -0.2) is 26.9 Å². The number of halogens is 5. The van der Waals surface area contributed by atoms with Crippen LogP contribution in [0.15, 0.2) is 35.2 Å². The summed E-state index contributed by atoms with van der Waals surface area (Å²) >= 11 is 0. The third-order valence-corrected chi connectivity index (χ3v) is 5.86. The highest BCUT2D eigenvalue weighted by molar-refractivity contribution is 7.89. The van der Waals surface area contributed by atoms with Crippen LogP contribution in [0.4, 0.5) is 39.4 Å². The van der Waals surface area contributed by atoms with Crippen molar-refractivity contribution in [2.24, 2.45) is 0 Å². The number of nitrogens with one attached hydrogen (secondary N) is 2. The predicted octanol–water partition coefficient (Wildman–Crippen LogP) is 2.99. The Morgan fingerprint density at radius 2 is 1.79 bits per heavy atom. The van der Waals surface area contributed by atoms with Crippen LogP contribution in [0.3, 0.4) is 0 Å². The Hall–Kier alpha value is -2.54. The van der Waals surface area contributed by atoms with Crippen LogP contribution in [0.2, 0.25) is 0 Å². The van der Waals surface area contributed by atoms with Crippen LogP contribution in [0.5, 0.6) is 0 Å². The smallest absolute Gasteiger partial charge is 0.340 e. The fraction of sp³-hybridized carbons (Fsp3) is 0.375. The van der Waals surface area contributed by atoms with Gasteiger partial charge in [0.25, 0.3) is 5.92 Å². The quantitative estimate of drug-likeness (QED) is 0.700. The molecule has 0 bridgehead atoms. The van der Waals surface area contributed by atoms with Crippen LogP contribution in [0, 0.1) is 0 Å². The minimum atomic E-state index is -4.81. The van der Waals surface area contributed by atoms with Gasteiger partial charge in [0.2, 0.25) is 16.0 Å². The molecule has 0 radical (unpaired) electrons. The van der Waals surface area contributed by atoms with E-state index in [1.54, 1.807) is 0 Å². The van der Waals surface area contributed by atoms with Gasteiger partial charge in [-0.1, -0.05) is 0 Å². The Morgan fingerprint density at radius 3 is 2.28 bits per heavy atom. The summed E-state index contributed by atoms with van der Waals surface area (Å²) in [6.45, 7) is 0.382. The lowest BCUT2D eigenvalue weighted by molar-refractivity contribution is -0.141. The van der Waals surface area contributed by atoms with Crippen molar-refractivity contribution in [2.45, 2.75) is 30.0 Å². The predicted molar refractivity (Wildman–Crippen MR) is 94.8 cm³/mol. The largest absolute Gasteiger partial charge is 0.433 e. The van der Waals surface area contributed by atoms with Crippen molar-refractivity contribution < 1.29 is 30.4 Å². The molecule has 2 heterocycles. The van der Waals surface area contributed by atoms with E-state index in [0.717, 1.165) is 4.90 Å². The van der Waals surface area contributed by atoms with Gasteiger partial charge in [0, 0.05) is 11.8 Å². The monoisotopic (exact) mass is 437 g/mol. The molecule has 1 aliphatic rings. The minimum absolute atomic E-state index is 0.0402. The van der Waals surface area contributed by atoms with E-state index in [9.17, 15) is 30.4 Å². The molecule has 0 aliphatic carbocycles. The molecular weight excluding hydrogens is 421 g/mol. The number of aromatic nitrogens is 2. The SMILES string of the molecule is CNS(=O)(=O)c1ccc(Nc2cc(C(F)(F)F)nc(N3CC(F)(F)[C@@H]3C)n2)cc1. The Balaban J connectivity index is 1.92. The van der Waals surface area contributed by atoms with Gasteiger partial charge in [-0.3, -0.25) is 0 Å². The number of benzene rings is 1. The third kappa shape index (κ3) is 4.24. The first-order valence-electron chi connectivity index (χ1n) is 8.25. The number of nitrogens with zero attached hydrogens (tertiary/aromatic N) is 3. The Kier molecular flexibility index (Phi) is 5.15. The van der Waals surface area contributed by atoms with Gasteiger partial charge < -0.3 is 10.2 Å². The molecule has 0 saturated carbocycles. The normalized spacial score (nSPS) is 19.0. The van der Waals surface area contributed by atoms with E-state index in [1.165, 1.54) is 38.2 Å².